The number of nitrogens with zero attached hydrogens (tertiary/aromatic N) is 1. The molecule has 0 N–H and O–H groups in total. The van der Waals surface area contributed by atoms with Gasteiger partial charge in [0.05, 0.1) is 17.7 Å². The van der Waals surface area contributed by atoms with E-state index in [0.717, 1.165) is 9.87 Å². The smallest absolute Gasteiger partial charge is 0.271 e. The standard InChI is InChI=1S/C22H19NO4S/c1-27-20-15-12-18(13-16-20)14-17-22(24)23(19-8-4-2-5-9-19)28(25,26)21-10-6-3-7-11-21/h2-17H,1H3/b17-14+. The molecule has 0 spiro atoms. The first-order valence-corrected chi connectivity index (χ1v) is 9.98. The summed E-state index contributed by atoms with van der Waals surface area (Å²) in [5.41, 5.74) is 1.02. The molecule has 5 nitrogen and oxygen atoms in total. The Morgan fingerprint density at radius 1 is 0.857 bits per heavy atom. The van der Waals surface area contributed by atoms with Crippen LogP contribution in [0.15, 0.2) is 95.9 Å². The predicted octanol–water partition coefficient (Wildman–Crippen LogP) is 4.13. The lowest BCUT2D eigenvalue weighted by Crippen LogP contribution is -2.35. The van der Waals surface area contributed by atoms with E-state index < -0.39 is 15.9 Å². The van der Waals surface area contributed by atoms with Crippen LogP contribution in [0.4, 0.5) is 5.69 Å². The van der Waals surface area contributed by atoms with Crippen LogP contribution in [0.2, 0.25) is 0 Å². The molecule has 3 aromatic carbocycles. The monoisotopic (exact) mass is 393 g/mol. The number of rotatable bonds is 6. The summed E-state index contributed by atoms with van der Waals surface area (Å²) in [6.45, 7) is 0. The summed E-state index contributed by atoms with van der Waals surface area (Å²) >= 11 is 0. The van der Waals surface area contributed by atoms with Crippen LogP contribution in [-0.2, 0) is 14.8 Å². The molecule has 1 amide bonds. The van der Waals surface area contributed by atoms with Gasteiger partial charge in [0.15, 0.2) is 0 Å². The zero-order valence-corrected chi connectivity index (χ0v) is 16.0. The second-order valence-electron chi connectivity index (χ2n) is 5.86. The Hall–Kier alpha value is -3.38. The van der Waals surface area contributed by atoms with Gasteiger partial charge in [0.25, 0.3) is 15.9 Å². The lowest BCUT2D eigenvalue weighted by molar-refractivity contribution is -0.113. The molecule has 0 aromatic heterocycles. The third kappa shape index (κ3) is 4.29. The van der Waals surface area contributed by atoms with Gasteiger partial charge in [-0.05, 0) is 48.0 Å². The summed E-state index contributed by atoms with van der Waals surface area (Å²) in [5.74, 6) is 0.0342. The number of methoxy groups -OCH3 is 1. The largest absolute Gasteiger partial charge is 0.497 e. The molecule has 0 atom stereocenters. The van der Waals surface area contributed by atoms with Crippen LogP contribution in [0.3, 0.4) is 0 Å². The van der Waals surface area contributed by atoms with Crippen molar-refractivity contribution in [2.75, 3.05) is 11.4 Å². The summed E-state index contributed by atoms with van der Waals surface area (Å²) < 4.78 is 32.2. The van der Waals surface area contributed by atoms with Crippen LogP contribution in [0, 0.1) is 0 Å². The summed E-state index contributed by atoms with van der Waals surface area (Å²) in [7, 11) is -2.49. The fourth-order valence-electron chi connectivity index (χ4n) is 2.60. The zero-order valence-electron chi connectivity index (χ0n) is 15.2. The van der Waals surface area contributed by atoms with Gasteiger partial charge in [-0.25, -0.2) is 8.42 Å². The highest BCUT2D eigenvalue weighted by Crippen LogP contribution is 2.24. The number of benzene rings is 3. The normalized spacial score (nSPS) is 11.3. The Morgan fingerprint density at radius 2 is 1.43 bits per heavy atom. The van der Waals surface area contributed by atoms with E-state index in [1.165, 1.54) is 18.2 Å². The van der Waals surface area contributed by atoms with Crippen molar-refractivity contribution in [3.63, 3.8) is 0 Å². The van der Waals surface area contributed by atoms with E-state index in [1.807, 2.05) is 0 Å². The Bertz CT molecular complexity index is 1060. The second-order valence-corrected chi connectivity index (χ2v) is 7.65. The third-order valence-corrected chi connectivity index (χ3v) is 5.75. The van der Waals surface area contributed by atoms with Crippen molar-refractivity contribution < 1.29 is 17.9 Å². The topological polar surface area (TPSA) is 63.7 Å². The van der Waals surface area contributed by atoms with Gasteiger partial charge in [-0.3, -0.25) is 4.79 Å². The highest BCUT2D eigenvalue weighted by molar-refractivity contribution is 7.93. The maximum Gasteiger partial charge on any atom is 0.271 e. The minimum atomic E-state index is -4.06. The Balaban J connectivity index is 1.97. The van der Waals surface area contributed by atoms with Gasteiger partial charge in [-0.15, -0.1) is 0 Å². The molecule has 0 aliphatic carbocycles. The van der Waals surface area contributed by atoms with Crippen molar-refractivity contribution in [2.24, 2.45) is 0 Å². The van der Waals surface area contributed by atoms with E-state index in [1.54, 1.807) is 86.0 Å². The van der Waals surface area contributed by atoms with Crippen LogP contribution < -0.4 is 9.04 Å². The highest BCUT2D eigenvalue weighted by atomic mass is 32.2. The van der Waals surface area contributed by atoms with E-state index in [9.17, 15) is 13.2 Å². The summed E-state index contributed by atoms with van der Waals surface area (Å²) in [4.78, 5) is 12.9. The number of anilines is 1. The molecule has 0 fully saturated rings. The quantitative estimate of drug-likeness (QED) is 0.591. The maximum atomic E-state index is 13.1. The van der Waals surface area contributed by atoms with Gasteiger partial charge in [-0.2, -0.15) is 4.31 Å². The number of carbonyl (C=O) groups excluding carboxylic acids is 1. The molecule has 3 aromatic rings. The molecule has 0 aliphatic rings. The van der Waals surface area contributed by atoms with E-state index in [0.29, 0.717) is 5.75 Å². The number of hydrogen-bond donors (Lipinski definition) is 0. The molecule has 0 saturated carbocycles. The first-order chi connectivity index (χ1) is 13.5. The number of amides is 1. The van der Waals surface area contributed by atoms with Gasteiger partial charge in [0, 0.05) is 6.08 Å². The van der Waals surface area contributed by atoms with Gasteiger partial charge >= 0.3 is 0 Å². The van der Waals surface area contributed by atoms with Crippen molar-refractivity contribution in [2.45, 2.75) is 4.90 Å². The molecule has 0 unspecified atom stereocenters. The molecule has 0 bridgehead atoms. The molecule has 6 heteroatoms. The van der Waals surface area contributed by atoms with Crippen molar-refractivity contribution >= 4 is 27.7 Å². The number of sulfonamides is 1. The Morgan fingerprint density at radius 3 is 2.00 bits per heavy atom. The maximum absolute atomic E-state index is 13.1. The van der Waals surface area contributed by atoms with Gasteiger partial charge in [-0.1, -0.05) is 48.5 Å². The number of para-hydroxylation sites is 1. The van der Waals surface area contributed by atoms with Crippen molar-refractivity contribution in [3.05, 3.63) is 96.6 Å². The zero-order chi connectivity index (χ0) is 20.0. The summed E-state index contributed by atoms with van der Waals surface area (Å²) in [6, 6.07) is 23.3. The Labute approximate surface area is 164 Å². The minimum absolute atomic E-state index is 0.0463. The van der Waals surface area contributed by atoms with Crippen molar-refractivity contribution in [1.29, 1.82) is 0 Å². The van der Waals surface area contributed by atoms with Gasteiger partial charge in [0.1, 0.15) is 5.75 Å². The molecule has 142 valence electrons. The highest BCUT2D eigenvalue weighted by Gasteiger charge is 2.29. The van der Waals surface area contributed by atoms with E-state index in [4.69, 9.17) is 4.74 Å². The van der Waals surface area contributed by atoms with E-state index in [-0.39, 0.29) is 10.6 Å². The second kappa shape index (κ2) is 8.54. The molecule has 0 heterocycles. The first kappa shape index (κ1) is 19.4. The van der Waals surface area contributed by atoms with Crippen LogP contribution in [0.5, 0.6) is 5.75 Å². The summed E-state index contributed by atoms with van der Waals surface area (Å²) in [5, 5.41) is 0. The molecule has 28 heavy (non-hydrogen) atoms. The average Bonchev–Trinajstić information content (AvgIpc) is 2.74. The van der Waals surface area contributed by atoms with E-state index in [2.05, 4.69) is 0 Å². The predicted molar refractivity (Wildman–Crippen MR) is 110 cm³/mol. The number of carbonyl (C=O) groups is 1. The third-order valence-electron chi connectivity index (χ3n) is 4.01. The molecular weight excluding hydrogens is 374 g/mol. The molecule has 0 radical (unpaired) electrons. The first-order valence-electron chi connectivity index (χ1n) is 8.54. The molecule has 0 saturated heterocycles. The fraction of sp³-hybridized carbons (Fsp3) is 0.0455. The summed E-state index contributed by atoms with van der Waals surface area (Å²) in [6.07, 6.45) is 2.81. The molecule has 0 aliphatic heterocycles. The van der Waals surface area contributed by atoms with Crippen LogP contribution in [0.25, 0.3) is 6.08 Å². The van der Waals surface area contributed by atoms with Gasteiger partial charge < -0.3 is 4.74 Å². The molecular formula is C22H19NO4S. The van der Waals surface area contributed by atoms with Crippen LogP contribution in [-0.4, -0.2) is 21.4 Å². The number of ether oxygens (including phenoxy) is 1. The Kier molecular flexibility index (Phi) is 5.91. The number of hydrogen-bond acceptors (Lipinski definition) is 4. The van der Waals surface area contributed by atoms with Crippen molar-refractivity contribution in [1.82, 2.24) is 0 Å². The van der Waals surface area contributed by atoms with Crippen LogP contribution in [0.1, 0.15) is 5.56 Å². The molecule has 3 rings (SSSR count). The van der Waals surface area contributed by atoms with E-state index >= 15 is 0 Å². The van der Waals surface area contributed by atoms with Crippen molar-refractivity contribution in [3.8, 4) is 5.75 Å². The minimum Gasteiger partial charge on any atom is -0.497 e. The van der Waals surface area contributed by atoms with Crippen LogP contribution >= 0.6 is 0 Å². The average molecular weight is 393 g/mol. The fourth-order valence-corrected chi connectivity index (χ4v) is 4.00. The SMILES string of the molecule is COc1ccc(/C=C/C(=O)N(c2ccccc2)S(=O)(=O)c2ccccc2)cc1. The van der Waals surface area contributed by atoms with Gasteiger partial charge in [0.2, 0.25) is 0 Å². The lowest BCUT2D eigenvalue weighted by atomic mass is 10.2. The lowest BCUT2D eigenvalue weighted by Gasteiger charge is -2.21.